The molecule has 1 heterocycles. The summed E-state index contributed by atoms with van der Waals surface area (Å²) in [5.74, 6) is 1.72. The van der Waals surface area contributed by atoms with Crippen LogP contribution in [0.2, 0.25) is 0 Å². The molecule has 0 radical (unpaired) electrons. The van der Waals surface area contributed by atoms with Gasteiger partial charge >= 0.3 is 5.97 Å². The molecule has 30 heavy (non-hydrogen) atoms. The number of nitrogens with zero attached hydrogens (tertiary/aromatic N) is 1. The molecule has 0 aliphatic heterocycles. The monoisotopic (exact) mass is 410 g/mol. The number of ether oxygens (including phenoxy) is 4. The minimum absolute atomic E-state index is 0.0432. The average molecular weight is 410 g/mol. The molecule has 0 fully saturated rings. The summed E-state index contributed by atoms with van der Waals surface area (Å²) in [6.45, 7) is 2.43. The lowest BCUT2D eigenvalue weighted by molar-refractivity contribution is 0.0595. The maximum Gasteiger partial charge on any atom is 0.341 e. The zero-order valence-corrected chi connectivity index (χ0v) is 17.4. The predicted molar refractivity (Wildman–Crippen MR) is 115 cm³/mol. The highest BCUT2D eigenvalue weighted by Gasteiger charge is 2.15. The zero-order valence-electron chi connectivity index (χ0n) is 17.4. The number of hydrogen-bond donors (Lipinski definition) is 1. The third-order valence-corrected chi connectivity index (χ3v) is 4.64. The quantitative estimate of drug-likeness (QED) is 0.417. The molecule has 7 heteroatoms. The number of carbonyl (C=O) groups excluding carboxylic acids is 1. The molecule has 0 aliphatic rings. The molecule has 0 bridgehead atoms. The third kappa shape index (κ3) is 5.11. The summed E-state index contributed by atoms with van der Waals surface area (Å²) in [6.07, 6.45) is 1.47. The van der Waals surface area contributed by atoms with Crippen molar-refractivity contribution in [3.05, 3.63) is 54.1 Å². The maximum absolute atomic E-state index is 12.0. The van der Waals surface area contributed by atoms with Crippen LogP contribution in [0.5, 0.6) is 17.2 Å². The lowest BCUT2D eigenvalue weighted by Gasteiger charge is -2.17. The van der Waals surface area contributed by atoms with E-state index in [1.165, 1.54) is 14.2 Å². The zero-order chi connectivity index (χ0) is 21.5. The number of aromatic nitrogens is 1. The number of benzene rings is 2. The summed E-state index contributed by atoms with van der Waals surface area (Å²) >= 11 is 0. The van der Waals surface area contributed by atoms with Crippen LogP contribution < -0.4 is 19.9 Å². The van der Waals surface area contributed by atoms with Crippen molar-refractivity contribution in [1.29, 1.82) is 0 Å². The number of hydrogen-bond acceptors (Lipinski definition) is 7. The van der Waals surface area contributed by atoms with Gasteiger partial charge in [-0.15, -0.1) is 0 Å². The Labute approximate surface area is 175 Å². The van der Waals surface area contributed by atoms with Gasteiger partial charge in [0.25, 0.3) is 0 Å². The number of fused-ring (bicyclic) bond motifs is 1. The van der Waals surface area contributed by atoms with Crippen LogP contribution in [0.1, 0.15) is 30.1 Å². The Bertz CT molecular complexity index is 1020. The lowest BCUT2D eigenvalue weighted by Crippen LogP contribution is -2.14. The Morgan fingerprint density at radius 1 is 1.10 bits per heavy atom. The van der Waals surface area contributed by atoms with Crippen molar-refractivity contribution in [3.8, 4) is 17.2 Å². The van der Waals surface area contributed by atoms with E-state index in [9.17, 15) is 4.79 Å². The first-order valence-corrected chi connectivity index (χ1v) is 9.73. The van der Waals surface area contributed by atoms with E-state index in [1.807, 2.05) is 31.2 Å². The number of esters is 1. The predicted octanol–water partition coefficient (Wildman–Crippen LogP) is 4.24. The maximum atomic E-state index is 12.0. The van der Waals surface area contributed by atoms with Crippen LogP contribution in [0.3, 0.4) is 0 Å². The molecule has 1 unspecified atom stereocenters. The fourth-order valence-electron chi connectivity index (χ4n) is 3.09. The molecule has 1 atom stereocenters. The minimum Gasteiger partial charge on any atom is -0.497 e. The van der Waals surface area contributed by atoms with E-state index < -0.39 is 5.97 Å². The summed E-state index contributed by atoms with van der Waals surface area (Å²) in [4.78, 5) is 16.4. The average Bonchev–Trinajstić information content (AvgIpc) is 2.76. The van der Waals surface area contributed by atoms with Gasteiger partial charge in [-0.25, -0.2) is 9.78 Å². The van der Waals surface area contributed by atoms with Gasteiger partial charge in [-0.1, -0.05) is 12.1 Å². The molecule has 3 rings (SSSR count). The van der Waals surface area contributed by atoms with Crippen LogP contribution in [-0.2, 0) is 4.74 Å². The molecular formula is C23H26N2O5. The summed E-state index contributed by atoms with van der Waals surface area (Å²) in [7, 11) is 2.87. The van der Waals surface area contributed by atoms with Crippen LogP contribution in [0, 0.1) is 0 Å². The molecule has 0 amide bonds. The molecule has 0 saturated heterocycles. The van der Waals surface area contributed by atoms with E-state index in [1.54, 1.807) is 24.3 Å². The highest BCUT2D eigenvalue weighted by atomic mass is 16.5. The number of methoxy groups -OCH3 is 2. The second-order valence-corrected chi connectivity index (χ2v) is 6.84. The Hall–Kier alpha value is -3.48. The highest BCUT2D eigenvalue weighted by Crippen LogP contribution is 2.27. The van der Waals surface area contributed by atoms with Gasteiger partial charge < -0.3 is 24.7 Å². The van der Waals surface area contributed by atoms with Gasteiger partial charge in [0.05, 0.1) is 26.9 Å². The van der Waals surface area contributed by atoms with Gasteiger partial charge in [-0.2, -0.15) is 0 Å². The molecule has 158 valence electrons. The molecule has 2 aromatic carbocycles. The molecule has 2 N–H and O–H groups in total. The Morgan fingerprint density at radius 2 is 1.93 bits per heavy atom. The molecule has 0 saturated carbocycles. The van der Waals surface area contributed by atoms with Crippen molar-refractivity contribution in [1.82, 2.24) is 4.98 Å². The van der Waals surface area contributed by atoms with E-state index in [0.717, 1.165) is 23.7 Å². The fourth-order valence-corrected chi connectivity index (χ4v) is 3.09. The second kappa shape index (κ2) is 9.82. The first-order chi connectivity index (χ1) is 14.5. The van der Waals surface area contributed by atoms with E-state index in [-0.39, 0.29) is 6.10 Å². The van der Waals surface area contributed by atoms with Gasteiger partial charge in [-0.3, -0.25) is 0 Å². The van der Waals surface area contributed by atoms with Gasteiger partial charge in [0.15, 0.2) is 0 Å². The van der Waals surface area contributed by atoms with E-state index in [4.69, 9.17) is 24.7 Å². The molecule has 3 aromatic rings. The molecule has 0 spiro atoms. The largest absolute Gasteiger partial charge is 0.497 e. The van der Waals surface area contributed by atoms with Crippen LogP contribution >= 0.6 is 0 Å². The van der Waals surface area contributed by atoms with Crippen LogP contribution in [0.15, 0.2) is 48.5 Å². The van der Waals surface area contributed by atoms with Crippen molar-refractivity contribution >= 4 is 22.7 Å². The van der Waals surface area contributed by atoms with Crippen molar-refractivity contribution in [3.63, 3.8) is 0 Å². The Balaban J connectivity index is 1.56. The van der Waals surface area contributed by atoms with Gasteiger partial charge in [-0.05, 0) is 56.2 Å². The number of pyridine rings is 1. The number of carbonyl (C=O) groups is 1. The fraction of sp³-hybridized carbons (Fsp3) is 0.304. The Morgan fingerprint density at radius 3 is 2.70 bits per heavy atom. The van der Waals surface area contributed by atoms with Crippen molar-refractivity contribution in [2.24, 2.45) is 0 Å². The van der Waals surface area contributed by atoms with Gasteiger partial charge in [0, 0.05) is 5.39 Å². The van der Waals surface area contributed by atoms with Gasteiger partial charge in [0.1, 0.15) is 34.1 Å². The third-order valence-electron chi connectivity index (χ3n) is 4.64. The first kappa shape index (κ1) is 21.2. The number of nitrogens with two attached hydrogens (primary N) is 1. The Kier molecular flexibility index (Phi) is 6.95. The summed E-state index contributed by atoms with van der Waals surface area (Å²) < 4.78 is 21.9. The number of anilines is 1. The number of nitrogen functional groups attached to an aromatic ring is 1. The van der Waals surface area contributed by atoms with Crippen LogP contribution in [-0.4, -0.2) is 37.9 Å². The second-order valence-electron chi connectivity index (χ2n) is 6.84. The lowest BCUT2D eigenvalue weighted by atomic mass is 10.2. The van der Waals surface area contributed by atoms with E-state index in [0.29, 0.717) is 35.2 Å². The molecule has 7 nitrogen and oxygen atoms in total. The van der Waals surface area contributed by atoms with Crippen LogP contribution in [0.4, 0.5) is 5.82 Å². The summed E-state index contributed by atoms with van der Waals surface area (Å²) in [6, 6.07) is 14.5. The molecular weight excluding hydrogens is 384 g/mol. The van der Waals surface area contributed by atoms with Crippen molar-refractivity contribution < 1.29 is 23.7 Å². The van der Waals surface area contributed by atoms with E-state index >= 15 is 0 Å². The van der Waals surface area contributed by atoms with E-state index in [2.05, 4.69) is 4.98 Å². The normalized spacial score (nSPS) is 11.7. The highest BCUT2D eigenvalue weighted by molar-refractivity contribution is 5.93. The molecule has 0 aliphatic carbocycles. The first-order valence-electron chi connectivity index (χ1n) is 9.73. The minimum atomic E-state index is -0.469. The van der Waals surface area contributed by atoms with Crippen LogP contribution in [0.25, 0.3) is 10.9 Å². The number of rotatable bonds is 9. The topological polar surface area (TPSA) is 92.9 Å². The standard InChI is InChI=1S/C23H26N2O5/c1-15(30-20-8-4-7-16-9-12-21(24)25-22(16)20)6-5-13-29-19-11-10-17(27-2)14-18(19)23(26)28-3/h4,7-12,14-15H,5-6,13H2,1-3H3,(H2,24,25). The SMILES string of the molecule is COC(=O)c1cc(OC)ccc1OCCCC(C)Oc1cccc2ccc(N)nc12. The smallest absolute Gasteiger partial charge is 0.341 e. The van der Waals surface area contributed by atoms with Gasteiger partial charge in [0.2, 0.25) is 0 Å². The number of para-hydroxylation sites is 1. The molecule has 1 aromatic heterocycles. The summed E-state index contributed by atoms with van der Waals surface area (Å²) in [5.41, 5.74) is 6.90. The summed E-state index contributed by atoms with van der Waals surface area (Å²) in [5, 5.41) is 0.979. The van der Waals surface area contributed by atoms with Crippen molar-refractivity contribution in [2.45, 2.75) is 25.9 Å². The van der Waals surface area contributed by atoms with Crippen molar-refractivity contribution in [2.75, 3.05) is 26.6 Å².